The van der Waals surface area contributed by atoms with Crippen LogP contribution in [0.1, 0.15) is 36.4 Å². The van der Waals surface area contributed by atoms with Crippen LogP contribution in [0.25, 0.3) is 0 Å². The van der Waals surface area contributed by atoms with Gasteiger partial charge in [0.1, 0.15) is 0 Å². The molecular formula is C12H21N3S. The molecule has 2 atom stereocenters. The standard InChI is InChI=1S/C12H21N3S/c1-9(13-2)6-11-8-16-12(15-11)10-4-3-5-14-7-10/h8-10,13-14H,3-7H2,1-2H3. The van der Waals surface area contributed by atoms with Gasteiger partial charge >= 0.3 is 0 Å². The predicted molar refractivity (Wildman–Crippen MR) is 69.2 cm³/mol. The topological polar surface area (TPSA) is 37.0 Å². The number of nitrogens with zero attached hydrogens (tertiary/aromatic N) is 1. The number of piperidine rings is 1. The van der Waals surface area contributed by atoms with Crippen LogP contribution in [0.5, 0.6) is 0 Å². The molecule has 0 bridgehead atoms. The first-order valence-electron chi connectivity index (χ1n) is 6.12. The fourth-order valence-corrected chi connectivity index (χ4v) is 3.05. The molecule has 16 heavy (non-hydrogen) atoms. The van der Waals surface area contributed by atoms with Crippen molar-refractivity contribution in [2.75, 3.05) is 20.1 Å². The van der Waals surface area contributed by atoms with Crippen LogP contribution < -0.4 is 10.6 Å². The largest absolute Gasteiger partial charge is 0.317 e. The van der Waals surface area contributed by atoms with E-state index < -0.39 is 0 Å². The summed E-state index contributed by atoms with van der Waals surface area (Å²) in [6, 6.07) is 0.513. The smallest absolute Gasteiger partial charge is 0.0971 e. The van der Waals surface area contributed by atoms with Gasteiger partial charge in [-0.1, -0.05) is 0 Å². The highest BCUT2D eigenvalue weighted by molar-refractivity contribution is 7.09. The Bertz CT molecular complexity index is 318. The molecule has 90 valence electrons. The summed E-state index contributed by atoms with van der Waals surface area (Å²) in [5, 5.41) is 10.2. The second-order valence-corrected chi connectivity index (χ2v) is 5.50. The molecule has 1 fully saturated rings. The van der Waals surface area contributed by atoms with Crippen molar-refractivity contribution in [3.05, 3.63) is 16.1 Å². The number of rotatable bonds is 4. The Morgan fingerprint density at radius 3 is 3.25 bits per heavy atom. The number of hydrogen-bond acceptors (Lipinski definition) is 4. The van der Waals surface area contributed by atoms with Crippen LogP contribution in [0, 0.1) is 0 Å². The number of aromatic nitrogens is 1. The number of hydrogen-bond donors (Lipinski definition) is 2. The average Bonchev–Trinajstić information content (AvgIpc) is 2.78. The van der Waals surface area contributed by atoms with Gasteiger partial charge < -0.3 is 10.6 Å². The lowest BCUT2D eigenvalue weighted by Gasteiger charge is -2.20. The lowest BCUT2D eigenvalue weighted by atomic mass is 10.0. The molecule has 4 heteroatoms. The summed E-state index contributed by atoms with van der Waals surface area (Å²) in [7, 11) is 2.00. The van der Waals surface area contributed by atoms with Gasteiger partial charge in [0.15, 0.2) is 0 Å². The second-order valence-electron chi connectivity index (χ2n) is 4.61. The van der Waals surface area contributed by atoms with E-state index in [0.29, 0.717) is 12.0 Å². The SMILES string of the molecule is CNC(C)Cc1csc(C2CCCNC2)n1. The molecular weight excluding hydrogens is 218 g/mol. The third-order valence-electron chi connectivity index (χ3n) is 3.22. The van der Waals surface area contributed by atoms with Crippen molar-refractivity contribution in [3.8, 4) is 0 Å². The predicted octanol–water partition coefficient (Wildman–Crippen LogP) is 1.76. The highest BCUT2D eigenvalue weighted by Crippen LogP contribution is 2.26. The van der Waals surface area contributed by atoms with Crippen LogP contribution in [0.4, 0.5) is 0 Å². The van der Waals surface area contributed by atoms with Crippen molar-refractivity contribution in [2.24, 2.45) is 0 Å². The summed E-state index contributed by atoms with van der Waals surface area (Å²) >= 11 is 1.83. The first-order valence-corrected chi connectivity index (χ1v) is 7.00. The summed E-state index contributed by atoms with van der Waals surface area (Å²) in [6.07, 6.45) is 3.61. The number of likely N-dealkylation sites (N-methyl/N-ethyl adjacent to an activating group) is 1. The third-order valence-corrected chi connectivity index (χ3v) is 4.28. The van der Waals surface area contributed by atoms with Crippen molar-refractivity contribution < 1.29 is 0 Å². The molecule has 1 aromatic rings. The fraction of sp³-hybridized carbons (Fsp3) is 0.750. The monoisotopic (exact) mass is 239 g/mol. The number of nitrogens with one attached hydrogen (secondary N) is 2. The normalized spacial score (nSPS) is 23.2. The Labute approximate surface area is 102 Å². The lowest BCUT2D eigenvalue weighted by Crippen LogP contribution is -2.28. The van der Waals surface area contributed by atoms with Crippen molar-refractivity contribution in [3.63, 3.8) is 0 Å². The van der Waals surface area contributed by atoms with Gasteiger partial charge in [-0.15, -0.1) is 11.3 Å². The van der Waals surface area contributed by atoms with Crippen LogP contribution in [0.2, 0.25) is 0 Å². The maximum absolute atomic E-state index is 4.76. The van der Waals surface area contributed by atoms with E-state index in [0.717, 1.165) is 13.0 Å². The van der Waals surface area contributed by atoms with Gasteiger partial charge in [-0.25, -0.2) is 4.98 Å². The molecule has 1 aromatic heterocycles. The van der Waals surface area contributed by atoms with Gasteiger partial charge in [-0.3, -0.25) is 0 Å². The van der Waals surface area contributed by atoms with Crippen molar-refractivity contribution in [1.29, 1.82) is 0 Å². The minimum Gasteiger partial charge on any atom is -0.317 e. The first-order chi connectivity index (χ1) is 7.79. The molecule has 2 rings (SSSR count). The number of thiazole rings is 1. The second kappa shape index (κ2) is 5.75. The van der Waals surface area contributed by atoms with E-state index in [1.807, 2.05) is 18.4 Å². The third kappa shape index (κ3) is 3.03. The zero-order valence-corrected chi connectivity index (χ0v) is 10.9. The molecule has 0 spiro atoms. The average molecular weight is 239 g/mol. The van der Waals surface area contributed by atoms with Crippen LogP contribution in [-0.4, -0.2) is 31.2 Å². The highest BCUT2D eigenvalue weighted by atomic mass is 32.1. The molecule has 2 heterocycles. The Hall–Kier alpha value is -0.450. The molecule has 3 nitrogen and oxygen atoms in total. The Kier molecular flexibility index (Phi) is 4.32. The van der Waals surface area contributed by atoms with Crippen LogP contribution in [-0.2, 0) is 6.42 Å². The van der Waals surface area contributed by atoms with E-state index >= 15 is 0 Å². The zero-order chi connectivity index (χ0) is 11.4. The molecule has 0 aliphatic carbocycles. The minimum atomic E-state index is 0.513. The summed E-state index contributed by atoms with van der Waals surface area (Å²) < 4.78 is 0. The fourth-order valence-electron chi connectivity index (χ4n) is 2.08. The van der Waals surface area contributed by atoms with Gasteiger partial charge in [-0.2, -0.15) is 0 Å². The summed E-state index contributed by atoms with van der Waals surface area (Å²) in [4.78, 5) is 4.76. The quantitative estimate of drug-likeness (QED) is 0.840. The molecule has 2 unspecified atom stereocenters. The van der Waals surface area contributed by atoms with Crippen LogP contribution >= 0.6 is 11.3 Å². The molecule has 1 aliphatic heterocycles. The van der Waals surface area contributed by atoms with Gasteiger partial charge in [-0.05, 0) is 33.4 Å². The van der Waals surface area contributed by atoms with E-state index in [-0.39, 0.29) is 0 Å². The minimum absolute atomic E-state index is 0.513. The van der Waals surface area contributed by atoms with Crippen molar-refractivity contribution in [2.45, 2.75) is 38.1 Å². The molecule has 2 N–H and O–H groups in total. The maximum Gasteiger partial charge on any atom is 0.0971 e. The summed E-state index contributed by atoms with van der Waals surface area (Å²) in [5.74, 6) is 0.650. The van der Waals surface area contributed by atoms with Crippen molar-refractivity contribution >= 4 is 11.3 Å². The Morgan fingerprint density at radius 1 is 1.69 bits per heavy atom. The summed E-state index contributed by atoms with van der Waals surface area (Å²) in [6.45, 7) is 4.47. The van der Waals surface area contributed by atoms with Gasteiger partial charge in [0.05, 0.1) is 10.7 Å². The van der Waals surface area contributed by atoms with Gasteiger partial charge in [0, 0.05) is 30.3 Å². The summed E-state index contributed by atoms with van der Waals surface area (Å²) in [5.41, 5.74) is 1.24. The Morgan fingerprint density at radius 2 is 2.56 bits per heavy atom. The molecule has 1 aliphatic rings. The van der Waals surface area contributed by atoms with E-state index in [4.69, 9.17) is 4.98 Å². The highest BCUT2D eigenvalue weighted by Gasteiger charge is 2.18. The van der Waals surface area contributed by atoms with Crippen LogP contribution in [0.3, 0.4) is 0 Å². The lowest BCUT2D eigenvalue weighted by molar-refractivity contribution is 0.459. The molecule has 0 aromatic carbocycles. The van der Waals surface area contributed by atoms with E-state index in [2.05, 4.69) is 22.9 Å². The first kappa shape index (κ1) is 12.0. The van der Waals surface area contributed by atoms with Gasteiger partial charge in [0.25, 0.3) is 0 Å². The van der Waals surface area contributed by atoms with E-state index in [1.165, 1.54) is 30.1 Å². The zero-order valence-electron chi connectivity index (χ0n) is 10.1. The van der Waals surface area contributed by atoms with Crippen molar-refractivity contribution in [1.82, 2.24) is 15.6 Å². The molecule has 0 amide bonds. The maximum atomic E-state index is 4.76. The van der Waals surface area contributed by atoms with E-state index in [9.17, 15) is 0 Å². The Balaban J connectivity index is 1.95. The molecule has 1 saturated heterocycles. The van der Waals surface area contributed by atoms with Gasteiger partial charge in [0.2, 0.25) is 0 Å². The van der Waals surface area contributed by atoms with E-state index in [1.54, 1.807) is 0 Å². The van der Waals surface area contributed by atoms with Crippen LogP contribution in [0.15, 0.2) is 5.38 Å². The molecule has 0 radical (unpaired) electrons. The molecule has 0 saturated carbocycles.